The number of rotatable bonds is 5. The number of hydrogen-bond donors (Lipinski definition) is 1. The lowest BCUT2D eigenvalue weighted by Crippen LogP contribution is -2.28. The average molecular weight is 464 g/mol. The van der Waals surface area contributed by atoms with Gasteiger partial charge in [-0.15, -0.1) is 0 Å². The molecule has 0 spiro atoms. The predicted molar refractivity (Wildman–Crippen MR) is 113 cm³/mol. The van der Waals surface area contributed by atoms with Gasteiger partial charge in [0.15, 0.2) is 0 Å². The van der Waals surface area contributed by atoms with E-state index >= 15 is 0 Å². The molecule has 0 aliphatic heterocycles. The number of nitriles is 1. The summed E-state index contributed by atoms with van der Waals surface area (Å²) in [6.45, 7) is 4.31. The number of benzene rings is 1. The van der Waals surface area contributed by atoms with Crippen molar-refractivity contribution in [1.29, 1.82) is 5.26 Å². The third-order valence-electron chi connectivity index (χ3n) is 4.41. The molecule has 2 heterocycles. The van der Waals surface area contributed by atoms with Crippen molar-refractivity contribution < 1.29 is 9.13 Å². The summed E-state index contributed by atoms with van der Waals surface area (Å²) in [6.07, 6.45) is -0.517. The summed E-state index contributed by atoms with van der Waals surface area (Å²) in [6, 6.07) is 4.49. The van der Waals surface area contributed by atoms with Gasteiger partial charge < -0.3 is 9.72 Å². The molecule has 3 rings (SSSR count). The third kappa shape index (κ3) is 4.60. The fraction of sp³-hybridized carbons (Fsp3) is 0.250. The number of nitrogens with one attached hydrogen (secondary N) is 1. The van der Waals surface area contributed by atoms with Crippen molar-refractivity contribution in [1.82, 2.24) is 19.5 Å². The molecule has 1 atom stereocenters. The van der Waals surface area contributed by atoms with Crippen molar-refractivity contribution in [3.63, 3.8) is 0 Å². The van der Waals surface area contributed by atoms with Crippen molar-refractivity contribution in [3.8, 4) is 17.6 Å². The SMILES string of the molecule is Cc1nc(C)c(Cn2cnc([C@H](C)F)c(Oc3cc(Cl)cc(C#N)c3Cl)c2=O)c(=O)[nH]1. The summed E-state index contributed by atoms with van der Waals surface area (Å²) in [5.74, 6) is -0.0961. The lowest BCUT2D eigenvalue weighted by molar-refractivity contribution is 0.344. The number of ether oxygens (including phenoxy) is 1. The van der Waals surface area contributed by atoms with Crippen LogP contribution in [0.2, 0.25) is 10.0 Å². The Bertz CT molecular complexity index is 1330. The summed E-state index contributed by atoms with van der Waals surface area (Å²) in [5.41, 5.74) is -0.703. The third-order valence-corrected chi connectivity index (χ3v) is 5.01. The Morgan fingerprint density at radius 2 is 2.03 bits per heavy atom. The Morgan fingerprint density at radius 3 is 2.65 bits per heavy atom. The Hall–Kier alpha value is -3.22. The molecule has 0 bridgehead atoms. The molecule has 0 aliphatic rings. The van der Waals surface area contributed by atoms with Gasteiger partial charge in [-0.25, -0.2) is 14.4 Å². The molecular formula is C20H16Cl2FN5O3. The molecular weight excluding hydrogens is 448 g/mol. The molecule has 0 unspecified atom stereocenters. The maximum atomic E-state index is 14.2. The zero-order valence-electron chi connectivity index (χ0n) is 16.7. The smallest absolute Gasteiger partial charge is 0.297 e. The first-order valence-electron chi connectivity index (χ1n) is 8.99. The second-order valence-corrected chi connectivity index (χ2v) is 7.52. The molecule has 8 nitrogen and oxygen atoms in total. The number of halogens is 3. The first kappa shape index (κ1) is 22.5. The topological polar surface area (TPSA) is 114 Å². The summed E-state index contributed by atoms with van der Waals surface area (Å²) in [5, 5.41) is 9.24. The van der Waals surface area contributed by atoms with Gasteiger partial charge in [-0.2, -0.15) is 5.26 Å². The number of alkyl halides is 1. The van der Waals surface area contributed by atoms with Crippen LogP contribution in [0.1, 0.15) is 41.4 Å². The molecule has 1 aromatic carbocycles. The molecule has 160 valence electrons. The number of hydrogen-bond acceptors (Lipinski definition) is 6. The quantitative estimate of drug-likeness (QED) is 0.611. The lowest BCUT2D eigenvalue weighted by Gasteiger charge is -2.15. The van der Waals surface area contributed by atoms with E-state index < -0.39 is 23.0 Å². The molecule has 1 N–H and O–H groups in total. The van der Waals surface area contributed by atoms with Crippen molar-refractivity contribution in [2.24, 2.45) is 0 Å². The van der Waals surface area contributed by atoms with Gasteiger partial charge in [0.1, 0.15) is 34.5 Å². The maximum absolute atomic E-state index is 14.2. The van der Waals surface area contributed by atoms with E-state index in [2.05, 4.69) is 15.0 Å². The van der Waals surface area contributed by atoms with Crippen LogP contribution in [-0.2, 0) is 6.54 Å². The second-order valence-electron chi connectivity index (χ2n) is 6.70. The van der Waals surface area contributed by atoms with Crippen molar-refractivity contribution in [3.05, 3.63) is 77.6 Å². The minimum Gasteiger partial charge on any atom is -0.448 e. The minimum atomic E-state index is -1.64. The van der Waals surface area contributed by atoms with Crippen LogP contribution >= 0.6 is 23.2 Å². The molecule has 2 aromatic heterocycles. The van der Waals surface area contributed by atoms with Crippen LogP contribution < -0.4 is 15.9 Å². The zero-order chi connectivity index (χ0) is 22.9. The first-order valence-corrected chi connectivity index (χ1v) is 9.74. The van der Waals surface area contributed by atoms with E-state index in [9.17, 15) is 19.2 Å². The normalized spacial score (nSPS) is 11.8. The zero-order valence-corrected chi connectivity index (χ0v) is 18.2. The average Bonchev–Trinajstić information content (AvgIpc) is 2.69. The van der Waals surface area contributed by atoms with Crippen LogP contribution in [0.3, 0.4) is 0 Å². The van der Waals surface area contributed by atoms with Crippen LogP contribution in [0.5, 0.6) is 11.5 Å². The Labute approximate surface area is 185 Å². The largest absolute Gasteiger partial charge is 0.448 e. The van der Waals surface area contributed by atoms with E-state index in [4.69, 9.17) is 27.9 Å². The van der Waals surface area contributed by atoms with Crippen LogP contribution in [-0.4, -0.2) is 19.5 Å². The lowest BCUT2D eigenvalue weighted by atomic mass is 10.2. The van der Waals surface area contributed by atoms with Gasteiger partial charge in [-0.3, -0.25) is 14.2 Å². The molecule has 0 radical (unpaired) electrons. The van der Waals surface area contributed by atoms with E-state index in [1.165, 1.54) is 19.1 Å². The summed E-state index contributed by atoms with van der Waals surface area (Å²) >= 11 is 12.1. The van der Waals surface area contributed by atoms with E-state index in [0.717, 1.165) is 10.9 Å². The van der Waals surface area contributed by atoms with Crippen LogP contribution in [0.15, 0.2) is 28.0 Å². The maximum Gasteiger partial charge on any atom is 0.297 e. The highest BCUT2D eigenvalue weighted by Crippen LogP contribution is 2.36. The van der Waals surface area contributed by atoms with Crippen LogP contribution in [0.4, 0.5) is 4.39 Å². The van der Waals surface area contributed by atoms with E-state index in [1.807, 2.05) is 6.07 Å². The monoisotopic (exact) mass is 463 g/mol. The highest BCUT2D eigenvalue weighted by atomic mass is 35.5. The Kier molecular flexibility index (Phi) is 6.43. The molecule has 3 aromatic rings. The number of H-pyrrole nitrogens is 1. The van der Waals surface area contributed by atoms with E-state index in [0.29, 0.717) is 11.5 Å². The number of nitrogens with zero attached hydrogens (tertiary/aromatic N) is 4. The predicted octanol–water partition coefficient (Wildman–Crippen LogP) is 3.99. The summed E-state index contributed by atoms with van der Waals surface area (Å²) in [4.78, 5) is 36.2. The van der Waals surface area contributed by atoms with Gasteiger partial charge in [-0.05, 0) is 26.8 Å². The molecule has 0 aliphatic carbocycles. The molecule has 31 heavy (non-hydrogen) atoms. The highest BCUT2D eigenvalue weighted by Gasteiger charge is 2.22. The fourth-order valence-corrected chi connectivity index (χ4v) is 3.31. The standard InChI is InChI=1S/C20H16Cl2FN5O3/c1-9(23)17-18(31-15-5-13(21)4-12(6-24)16(15)22)20(30)28(8-25-17)7-14-10(2)26-11(3)27-19(14)29/h4-5,8-9H,7H2,1-3H3,(H,26,27,29)/t9-/m0/s1. The van der Waals surface area contributed by atoms with Gasteiger partial charge >= 0.3 is 0 Å². The van der Waals surface area contributed by atoms with E-state index in [-0.39, 0.29) is 39.2 Å². The van der Waals surface area contributed by atoms with Crippen LogP contribution in [0, 0.1) is 25.2 Å². The van der Waals surface area contributed by atoms with Crippen molar-refractivity contribution >= 4 is 23.2 Å². The van der Waals surface area contributed by atoms with Gasteiger partial charge in [0.25, 0.3) is 11.1 Å². The number of aromatic nitrogens is 4. The molecule has 11 heteroatoms. The Morgan fingerprint density at radius 1 is 1.32 bits per heavy atom. The van der Waals surface area contributed by atoms with E-state index in [1.54, 1.807) is 13.8 Å². The van der Waals surface area contributed by atoms with Gasteiger partial charge in [-0.1, -0.05) is 23.2 Å². The molecule has 0 saturated carbocycles. The second kappa shape index (κ2) is 8.88. The molecule has 0 amide bonds. The molecule has 0 fully saturated rings. The van der Waals surface area contributed by atoms with Gasteiger partial charge in [0.05, 0.1) is 24.0 Å². The number of aryl methyl sites for hydroxylation is 2. The number of aromatic amines is 1. The Balaban J connectivity index is 2.14. The summed E-state index contributed by atoms with van der Waals surface area (Å²) < 4.78 is 20.9. The summed E-state index contributed by atoms with van der Waals surface area (Å²) in [7, 11) is 0. The van der Waals surface area contributed by atoms with Gasteiger partial charge in [0, 0.05) is 16.8 Å². The fourth-order valence-electron chi connectivity index (χ4n) is 2.91. The van der Waals surface area contributed by atoms with Gasteiger partial charge in [0.2, 0.25) is 5.75 Å². The van der Waals surface area contributed by atoms with Crippen LogP contribution in [0.25, 0.3) is 0 Å². The minimum absolute atomic E-state index is 0.0242. The highest BCUT2D eigenvalue weighted by molar-refractivity contribution is 6.35. The van der Waals surface area contributed by atoms with Crippen molar-refractivity contribution in [2.45, 2.75) is 33.5 Å². The first-order chi connectivity index (χ1) is 14.6. The van der Waals surface area contributed by atoms with Crippen molar-refractivity contribution in [2.75, 3.05) is 0 Å². The molecule has 0 saturated heterocycles.